The molecule has 0 aromatic rings. The Labute approximate surface area is 99.8 Å². The Morgan fingerprint density at radius 1 is 0.933 bits per heavy atom. The molecule has 0 aliphatic rings. The molecule has 1 radical (unpaired) electrons. The maximum Gasteiger partial charge on any atom is 2.00 e. The van der Waals surface area contributed by atoms with Gasteiger partial charge in [-0.1, -0.05) is 0 Å². The fraction of sp³-hybridized carbons (Fsp3) is 0.857. The van der Waals surface area contributed by atoms with Crippen LogP contribution >= 0.6 is 0 Å². The Morgan fingerprint density at radius 3 is 1.40 bits per heavy atom. The van der Waals surface area contributed by atoms with Gasteiger partial charge < -0.3 is 32.3 Å². The summed E-state index contributed by atoms with van der Waals surface area (Å²) < 4.78 is 0. The minimum atomic E-state index is -1.83. The van der Waals surface area contributed by atoms with Gasteiger partial charge in [0, 0.05) is 0 Å². The van der Waals surface area contributed by atoms with Crippen molar-refractivity contribution in [3.63, 3.8) is 0 Å². The first-order valence-corrected chi connectivity index (χ1v) is 4.23. The third-order valence-electron chi connectivity index (χ3n) is 0.991. The second-order valence-corrected chi connectivity index (χ2v) is 2.20. The molecule has 0 atom stereocenters. The molecule has 0 aromatic heterocycles. The van der Waals surface area contributed by atoms with E-state index in [1.54, 1.807) is 0 Å². The van der Waals surface area contributed by atoms with Crippen LogP contribution in [0.4, 0.5) is 4.79 Å². The molecule has 7 nitrogen and oxygen atoms in total. The SMILES string of the molecule is NCC[N-]CC[N-]CCN.O=C(O)O.[Co+2]. The van der Waals surface area contributed by atoms with Gasteiger partial charge in [-0.05, 0) is 13.1 Å². The van der Waals surface area contributed by atoms with Crippen molar-refractivity contribution in [2.24, 2.45) is 11.5 Å². The molecule has 0 spiro atoms. The van der Waals surface area contributed by atoms with Crippen LogP contribution in [0, 0.1) is 0 Å². The normalized spacial score (nSPS) is 8.40. The van der Waals surface area contributed by atoms with Gasteiger partial charge in [-0.3, -0.25) is 0 Å². The monoisotopic (exact) mass is 265 g/mol. The van der Waals surface area contributed by atoms with Crippen LogP contribution in [-0.2, 0) is 16.8 Å². The first-order valence-electron chi connectivity index (χ1n) is 4.23. The van der Waals surface area contributed by atoms with E-state index in [4.69, 9.17) is 26.5 Å². The van der Waals surface area contributed by atoms with Crippen molar-refractivity contribution in [3.8, 4) is 0 Å². The fourth-order valence-corrected chi connectivity index (χ4v) is 0.548. The molecule has 0 bridgehead atoms. The molecule has 0 rings (SSSR count). The van der Waals surface area contributed by atoms with Crippen molar-refractivity contribution >= 4 is 6.16 Å². The average Bonchev–Trinajstić information content (AvgIpc) is 2.10. The summed E-state index contributed by atoms with van der Waals surface area (Å²) in [5, 5.41) is 22.1. The first-order chi connectivity index (χ1) is 6.65. The van der Waals surface area contributed by atoms with Crippen LogP contribution in [0.2, 0.25) is 0 Å². The minimum Gasteiger partial charge on any atom is -0.663 e. The number of nitrogens with zero attached hydrogens (tertiary/aromatic N) is 2. The number of hydrogen-bond acceptors (Lipinski definition) is 3. The van der Waals surface area contributed by atoms with Gasteiger partial charge in [0.15, 0.2) is 0 Å². The minimum absolute atomic E-state index is 0. The Kier molecular flexibility index (Phi) is 25.7. The van der Waals surface area contributed by atoms with E-state index >= 15 is 0 Å². The largest absolute Gasteiger partial charge is 2.00 e. The van der Waals surface area contributed by atoms with Crippen molar-refractivity contribution < 1.29 is 31.8 Å². The summed E-state index contributed by atoms with van der Waals surface area (Å²) in [6.45, 7) is 4.35. The molecule has 15 heavy (non-hydrogen) atoms. The maximum absolute atomic E-state index is 8.56. The van der Waals surface area contributed by atoms with Gasteiger partial charge in [0.2, 0.25) is 0 Å². The van der Waals surface area contributed by atoms with Crippen LogP contribution in [0.1, 0.15) is 0 Å². The third-order valence-corrected chi connectivity index (χ3v) is 0.991. The van der Waals surface area contributed by atoms with E-state index < -0.39 is 6.16 Å². The molecule has 0 heterocycles. The van der Waals surface area contributed by atoms with Crippen LogP contribution in [0.3, 0.4) is 0 Å². The summed E-state index contributed by atoms with van der Waals surface area (Å²) in [7, 11) is 0. The smallest absolute Gasteiger partial charge is 0.663 e. The molecule has 6 N–H and O–H groups in total. The predicted octanol–water partition coefficient (Wildman–Crippen LogP) is -0.129. The summed E-state index contributed by atoms with van der Waals surface area (Å²) in [5.74, 6) is 0. The third kappa shape index (κ3) is 42.0. The van der Waals surface area contributed by atoms with Crippen molar-refractivity contribution in [3.05, 3.63) is 10.6 Å². The number of carboxylic acid groups (broad SMARTS) is 2. The van der Waals surface area contributed by atoms with Crippen LogP contribution in [0.5, 0.6) is 0 Å². The number of nitrogens with two attached hydrogens (primary N) is 2. The molecule has 0 unspecified atom stereocenters. The molecule has 93 valence electrons. The molecule has 0 aliphatic heterocycles. The van der Waals surface area contributed by atoms with Crippen molar-refractivity contribution in [2.45, 2.75) is 0 Å². The average molecular weight is 265 g/mol. The molecule has 0 saturated heterocycles. The van der Waals surface area contributed by atoms with E-state index in [-0.39, 0.29) is 16.8 Å². The Hall–Kier alpha value is -0.384. The van der Waals surface area contributed by atoms with Crippen molar-refractivity contribution in [1.82, 2.24) is 0 Å². The molecule has 0 saturated carbocycles. The van der Waals surface area contributed by atoms with Gasteiger partial charge >= 0.3 is 22.9 Å². The quantitative estimate of drug-likeness (QED) is 0.475. The maximum atomic E-state index is 8.56. The van der Waals surface area contributed by atoms with Crippen LogP contribution in [0.15, 0.2) is 0 Å². The Morgan fingerprint density at radius 2 is 1.20 bits per heavy atom. The summed E-state index contributed by atoms with van der Waals surface area (Å²) in [4.78, 5) is 8.56. The fourth-order valence-electron chi connectivity index (χ4n) is 0.548. The molecular weight excluding hydrogens is 247 g/mol. The van der Waals surface area contributed by atoms with E-state index in [9.17, 15) is 0 Å². The number of carbonyl (C=O) groups is 1. The Bertz CT molecular complexity index is 117. The molecule has 0 amide bonds. The van der Waals surface area contributed by atoms with Crippen LogP contribution in [0.25, 0.3) is 10.6 Å². The van der Waals surface area contributed by atoms with Crippen molar-refractivity contribution in [1.29, 1.82) is 0 Å². The van der Waals surface area contributed by atoms with Gasteiger partial charge in [0.25, 0.3) is 0 Å². The zero-order chi connectivity index (χ0) is 11.2. The van der Waals surface area contributed by atoms with Crippen LogP contribution in [-0.4, -0.2) is 55.6 Å². The van der Waals surface area contributed by atoms with Gasteiger partial charge in [-0.2, -0.15) is 13.1 Å². The second-order valence-electron chi connectivity index (χ2n) is 2.20. The molecular formula is C7H18CoN4O3. The van der Waals surface area contributed by atoms with Gasteiger partial charge in [0.05, 0.1) is 0 Å². The summed E-state index contributed by atoms with van der Waals surface area (Å²) >= 11 is 0. The van der Waals surface area contributed by atoms with Gasteiger partial charge in [0.1, 0.15) is 0 Å². The molecule has 8 heteroatoms. The summed E-state index contributed by atoms with van der Waals surface area (Å²) in [5.41, 5.74) is 10.5. The Balaban J connectivity index is -0.000000249. The van der Waals surface area contributed by atoms with E-state index in [0.29, 0.717) is 13.1 Å². The number of rotatable bonds is 7. The zero-order valence-electron chi connectivity index (χ0n) is 8.43. The van der Waals surface area contributed by atoms with Crippen molar-refractivity contribution in [2.75, 3.05) is 39.3 Å². The van der Waals surface area contributed by atoms with E-state index in [2.05, 4.69) is 10.6 Å². The predicted molar refractivity (Wildman–Crippen MR) is 54.9 cm³/mol. The number of hydrogen-bond donors (Lipinski definition) is 4. The standard InChI is InChI=1S/C6H16N4.CH2O3.Co/c7-1-3-9-5-6-10-4-2-8;2-1(3)4;/h1-8H2;(H2,2,3,4);/q-2;;+2. The molecule has 0 fully saturated rings. The molecule has 0 aliphatic carbocycles. The summed E-state index contributed by atoms with van der Waals surface area (Å²) in [6.07, 6.45) is -1.83. The topological polar surface area (TPSA) is 138 Å². The molecule has 0 aromatic carbocycles. The van der Waals surface area contributed by atoms with Crippen LogP contribution < -0.4 is 11.5 Å². The van der Waals surface area contributed by atoms with E-state index in [1.165, 1.54) is 0 Å². The summed E-state index contributed by atoms with van der Waals surface area (Å²) in [6, 6.07) is 0. The second kappa shape index (κ2) is 19.2. The van der Waals surface area contributed by atoms with Gasteiger partial charge in [-0.25, -0.2) is 4.79 Å². The van der Waals surface area contributed by atoms with Gasteiger partial charge in [-0.15, -0.1) is 13.1 Å². The zero-order valence-corrected chi connectivity index (χ0v) is 9.47. The van der Waals surface area contributed by atoms with E-state index in [1.807, 2.05) is 0 Å². The first kappa shape index (κ1) is 20.1. The van der Waals surface area contributed by atoms with E-state index in [0.717, 1.165) is 26.2 Å².